The van der Waals surface area contributed by atoms with Crippen molar-refractivity contribution in [3.8, 4) is 5.75 Å². The topological polar surface area (TPSA) is 67.6 Å². The maximum absolute atomic E-state index is 13.1. The fourth-order valence-corrected chi connectivity index (χ4v) is 4.64. The molecule has 0 aromatic heterocycles. The van der Waals surface area contributed by atoms with E-state index < -0.39 is 0 Å². The van der Waals surface area contributed by atoms with Gasteiger partial charge in [0, 0.05) is 24.2 Å². The van der Waals surface area contributed by atoms with E-state index in [9.17, 15) is 4.79 Å². The first-order valence-corrected chi connectivity index (χ1v) is 10.6. The number of hydrogen-bond acceptors (Lipinski definition) is 4. The van der Waals surface area contributed by atoms with Crippen LogP contribution in [-0.2, 0) is 0 Å². The van der Waals surface area contributed by atoms with E-state index in [2.05, 4.69) is 31.1 Å². The molecule has 0 radical (unpaired) electrons. The fraction of sp³-hybridized carbons (Fsp3) is 0.667. The lowest BCUT2D eigenvalue weighted by atomic mass is 9.82. The molecule has 2 heterocycles. The Morgan fingerprint density at radius 1 is 1.30 bits per heavy atom. The highest BCUT2D eigenvalue weighted by molar-refractivity contribution is 6.33. The number of fused-ring (bicyclic) bond motifs is 2. The quantitative estimate of drug-likeness (QED) is 0.709. The number of amides is 1. The van der Waals surface area contributed by atoms with Gasteiger partial charge >= 0.3 is 0 Å². The Morgan fingerprint density at radius 3 is 2.52 bits per heavy atom. The van der Waals surface area contributed by atoms with Crippen molar-refractivity contribution in [3.05, 3.63) is 22.7 Å². The Morgan fingerprint density at radius 2 is 1.93 bits per heavy atom. The smallest absolute Gasteiger partial charge is 0.255 e. The SMILES string of the molecule is CCC(CC)Oc1cc(N)c(Cl)cc1C(=O)NC1CC2CCC[C@@H](C1)N2C. The summed E-state index contributed by atoms with van der Waals surface area (Å²) in [7, 11) is 2.22. The molecule has 6 heteroatoms. The number of halogens is 1. The van der Waals surface area contributed by atoms with Gasteiger partial charge in [0.15, 0.2) is 0 Å². The molecule has 150 valence electrons. The molecule has 2 unspecified atom stereocenters. The van der Waals surface area contributed by atoms with Crippen molar-refractivity contribution >= 4 is 23.2 Å². The molecule has 0 spiro atoms. The van der Waals surface area contributed by atoms with Crippen LogP contribution in [0.4, 0.5) is 5.69 Å². The molecule has 1 aromatic carbocycles. The molecule has 2 saturated heterocycles. The number of benzene rings is 1. The lowest BCUT2D eigenvalue weighted by Gasteiger charge is -2.47. The van der Waals surface area contributed by atoms with Crippen molar-refractivity contribution in [1.29, 1.82) is 0 Å². The lowest BCUT2D eigenvalue weighted by molar-refractivity contribution is 0.0462. The van der Waals surface area contributed by atoms with Crippen LogP contribution in [0, 0.1) is 0 Å². The first-order valence-electron chi connectivity index (χ1n) is 10.2. The van der Waals surface area contributed by atoms with E-state index >= 15 is 0 Å². The number of rotatable bonds is 6. The van der Waals surface area contributed by atoms with Gasteiger partial charge in [-0.05, 0) is 51.6 Å². The molecule has 2 aliphatic heterocycles. The largest absolute Gasteiger partial charge is 0.490 e. The van der Waals surface area contributed by atoms with Crippen molar-refractivity contribution < 1.29 is 9.53 Å². The van der Waals surface area contributed by atoms with Gasteiger partial charge in [-0.15, -0.1) is 0 Å². The summed E-state index contributed by atoms with van der Waals surface area (Å²) in [6.07, 6.45) is 7.54. The Bertz CT molecular complexity index is 664. The van der Waals surface area contributed by atoms with Gasteiger partial charge in [0.05, 0.1) is 22.4 Å². The summed E-state index contributed by atoms with van der Waals surface area (Å²) in [6, 6.07) is 4.65. The summed E-state index contributed by atoms with van der Waals surface area (Å²) in [4.78, 5) is 15.5. The normalized spacial score (nSPS) is 25.4. The van der Waals surface area contributed by atoms with Crippen LogP contribution in [0.3, 0.4) is 0 Å². The molecule has 27 heavy (non-hydrogen) atoms. The van der Waals surface area contributed by atoms with Crippen molar-refractivity contribution in [2.75, 3.05) is 12.8 Å². The van der Waals surface area contributed by atoms with Crippen LogP contribution < -0.4 is 15.8 Å². The highest BCUT2D eigenvalue weighted by atomic mass is 35.5. The minimum atomic E-state index is -0.120. The molecule has 1 aromatic rings. The van der Waals surface area contributed by atoms with E-state index in [1.165, 1.54) is 19.3 Å². The summed E-state index contributed by atoms with van der Waals surface area (Å²) in [5, 5.41) is 3.62. The van der Waals surface area contributed by atoms with Gasteiger partial charge in [0.2, 0.25) is 0 Å². The Balaban J connectivity index is 1.76. The number of piperidine rings is 2. The molecule has 0 saturated carbocycles. The summed E-state index contributed by atoms with van der Waals surface area (Å²) >= 11 is 6.21. The number of hydrogen-bond donors (Lipinski definition) is 2. The predicted octanol–water partition coefficient (Wildman–Crippen LogP) is 4.23. The van der Waals surface area contributed by atoms with Gasteiger partial charge < -0.3 is 20.7 Å². The van der Waals surface area contributed by atoms with E-state index in [-0.39, 0.29) is 18.1 Å². The maximum atomic E-state index is 13.1. The molecular formula is C21H32ClN3O2. The number of nitrogens with two attached hydrogens (primary N) is 1. The third kappa shape index (κ3) is 4.52. The Hall–Kier alpha value is -1.46. The van der Waals surface area contributed by atoms with Crippen LogP contribution in [0.25, 0.3) is 0 Å². The monoisotopic (exact) mass is 393 g/mol. The van der Waals surface area contributed by atoms with Crippen molar-refractivity contribution in [2.45, 2.75) is 83.0 Å². The van der Waals surface area contributed by atoms with Crippen LogP contribution in [0.15, 0.2) is 12.1 Å². The second kappa shape index (κ2) is 8.70. The van der Waals surface area contributed by atoms with Crippen molar-refractivity contribution in [3.63, 3.8) is 0 Å². The van der Waals surface area contributed by atoms with Crippen LogP contribution in [-0.4, -0.2) is 42.1 Å². The Labute approximate surface area is 167 Å². The van der Waals surface area contributed by atoms with E-state index in [4.69, 9.17) is 22.1 Å². The number of carbonyl (C=O) groups excluding carboxylic acids is 1. The summed E-state index contributed by atoms with van der Waals surface area (Å²) in [6.45, 7) is 4.15. The summed E-state index contributed by atoms with van der Waals surface area (Å²) in [5.74, 6) is 0.404. The van der Waals surface area contributed by atoms with Crippen molar-refractivity contribution in [1.82, 2.24) is 10.2 Å². The lowest BCUT2D eigenvalue weighted by Crippen LogP contribution is -2.55. The average molecular weight is 394 g/mol. The molecule has 3 atom stereocenters. The molecule has 0 aliphatic carbocycles. The second-order valence-corrected chi connectivity index (χ2v) is 8.38. The van der Waals surface area contributed by atoms with Crippen LogP contribution in [0.1, 0.15) is 69.2 Å². The number of ether oxygens (including phenoxy) is 1. The molecule has 2 bridgehead atoms. The van der Waals surface area contributed by atoms with E-state index in [1.807, 2.05) is 0 Å². The van der Waals surface area contributed by atoms with Gasteiger partial charge in [0.1, 0.15) is 5.75 Å². The third-order valence-electron chi connectivity index (χ3n) is 6.22. The molecular weight excluding hydrogens is 362 g/mol. The fourth-order valence-electron chi connectivity index (χ4n) is 4.48. The second-order valence-electron chi connectivity index (χ2n) is 7.97. The molecule has 1 amide bonds. The third-order valence-corrected chi connectivity index (χ3v) is 6.55. The number of anilines is 1. The number of nitrogen functional groups attached to an aromatic ring is 1. The van der Waals surface area contributed by atoms with E-state index in [1.54, 1.807) is 12.1 Å². The van der Waals surface area contributed by atoms with Gasteiger partial charge in [0.25, 0.3) is 5.91 Å². The van der Waals surface area contributed by atoms with Crippen LogP contribution in [0.2, 0.25) is 5.02 Å². The van der Waals surface area contributed by atoms with Gasteiger partial charge in [-0.1, -0.05) is 31.9 Å². The highest BCUT2D eigenvalue weighted by Gasteiger charge is 2.36. The summed E-state index contributed by atoms with van der Waals surface area (Å²) < 4.78 is 6.07. The van der Waals surface area contributed by atoms with E-state index in [0.717, 1.165) is 25.7 Å². The minimum absolute atomic E-state index is 0.0554. The van der Waals surface area contributed by atoms with Gasteiger partial charge in [-0.2, -0.15) is 0 Å². The molecule has 2 aliphatic rings. The van der Waals surface area contributed by atoms with Gasteiger partial charge in [-0.3, -0.25) is 4.79 Å². The number of nitrogens with one attached hydrogen (secondary N) is 1. The minimum Gasteiger partial charge on any atom is -0.490 e. The zero-order valence-electron chi connectivity index (χ0n) is 16.6. The molecule has 3 rings (SSSR count). The van der Waals surface area contributed by atoms with Gasteiger partial charge in [-0.25, -0.2) is 0 Å². The predicted molar refractivity (Wildman–Crippen MR) is 111 cm³/mol. The average Bonchev–Trinajstić information content (AvgIpc) is 2.63. The first kappa shape index (κ1) is 20.3. The zero-order valence-corrected chi connectivity index (χ0v) is 17.4. The maximum Gasteiger partial charge on any atom is 0.255 e. The zero-order chi connectivity index (χ0) is 19.6. The molecule has 2 fully saturated rings. The highest BCUT2D eigenvalue weighted by Crippen LogP contribution is 2.34. The van der Waals surface area contributed by atoms with Crippen LogP contribution >= 0.6 is 11.6 Å². The van der Waals surface area contributed by atoms with Crippen molar-refractivity contribution in [2.24, 2.45) is 0 Å². The molecule has 5 nitrogen and oxygen atoms in total. The first-order chi connectivity index (χ1) is 12.9. The van der Waals surface area contributed by atoms with E-state index in [0.29, 0.717) is 34.1 Å². The number of nitrogens with zero attached hydrogens (tertiary/aromatic N) is 1. The molecule has 3 N–H and O–H groups in total. The summed E-state index contributed by atoms with van der Waals surface area (Å²) in [5.41, 5.74) is 6.87. The Kier molecular flexibility index (Phi) is 6.53. The number of carbonyl (C=O) groups is 1. The van der Waals surface area contributed by atoms with Crippen LogP contribution in [0.5, 0.6) is 5.75 Å². The standard InChI is InChI=1S/C21H32ClN3O2/c1-4-16(5-2)27-20-12-19(23)18(22)11-17(20)21(26)24-13-9-14-7-6-8-15(10-13)25(14)3/h11-16H,4-10,23H2,1-3H3,(H,24,26)/t13?,14-,15?/m0/s1.